The van der Waals surface area contributed by atoms with Crippen LogP contribution in [0.5, 0.6) is 5.75 Å². The fourth-order valence-corrected chi connectivity index (χ4v) is 3.02. The van der Waals surface area contributed by atoms with Gasteiger partial charge in [0.25, 0.3) is 0 Å². The molecule has 2 unspecified atom stereocenters. The third kappa shape index (κ3) is 11.2. The van der Waals surface area contributed by atoms with Crippen LogP contribution in [0.15, 0.2) is 24.3 Å². The number of hydrogen-bond acceptors (Lipinski definition) is 7. The first-order valence-electron chi connectivity index (χ1n) is 11.0. The molecule has 0 heterocycles. The maximum Gasteiger partial charge on any atom is 0.344 e. The number of unbranched alkanes of at least 4 members (excludes halogenated alkanes) is 2. The van der Waals surface area contributed by atoms with E-state index in [1.807, 2.05) is 12.1 Å². The average Bonchev–Trinajstić information content (AvgIpc) is 2.72. The number of aliphatic hydroxyl groups excluding tert-OH is 1. The third-order valence-corrected chi connectivity index (χ3v) is 4.58. The largest absolute Gasteiger partial charge is 0.482 e. The van der Waals surface area contributed by atoms with Gasteiger partial charge in [-0.25, -0.2) is 4.79 Å². The molecule has 0 aromatic heterocycles. The number of hydrogen-bond donors (Lipinski definition) is 2. The molecule has 1 aromatic carbocycles. The summed E-state index contributed by atoms with van der Waals surface area (Å²) in [5.41, 5.74) is 0.880. The van der Waals surface area contributed by atoms with Crippen LogP contribution in [0, 0.1) is 0 Å². The molecule has 0 aliphatic heterocycles. The summed E-state index contributed by atoms with van der Waals surface area (Å²) >= 11 is 0. The van der Waals surface area contributed by atoms with Gasteiger partial charge in [0.1, 0.15) is 11.8 Å². The van der Waals surface area contributed by atoms with Crippen LogP contribution in [0.4, 0.5) is 0 Å². The molecular weight excluding hydrogens is 386 g/mol. The maximum atomic E-state index is 12.4. The monoisotopic (exact) mass is 423 g/mol. The van der Waals surface area contributed by atoms with Crippen molar-refractivity contribution in [2.24, 2.45) is 0 Å². The van der Waals surface area contributed by atoms with Gasteiger partial charge in [-0.1, -0.05) is 38.3 Å². The van der Waals surface area contributed by atoms with Gasteiger partial charge < -0.3 is 24.6 Å². The Labute approximate surface area is 180 Å². The fraction of sp³-hybridized carbons (Fsp3) is 0.652. The van der Waals surface area contributed by atoms with Crippen LogP contribution in [0.25, 0.3) is 0 Å². The lowest BCUT2D eigenvalue weighted by Crippen LogP contribution is -2.41. The van der Waals surface area contributed by atoms with Gasteiger partial charge >= 0.3 is 11.9 Å². The molecule has 170 valence electrons. The number of aliphatic hydroxyl groups is 1. The number of rotatable bonds is 16. The predicted octanol–water partition coefficient (Wildman–Crippen LogP) is 3.02. The first-order chi connectivity index (χ1) is 14.5. The summed E-state index contributed by atoms with van der Waals surface area (Å²) in [5, 5.41) is 13.3. The molecule has 0 saturated heterocycles. The van der Waals surface area contributed by atoms with E-state index in [0.29, 0.717) is 38.3 Å². The summed E-state index contributed by atoms with van der Waals surface area (Å²) in [4.78, 5) is 23.8. The molecule has 2 atom stereocenters. The van der Waals surface area contributed by atoms with Crippen LogP contribution in [-0.2, 0) is 25.5 Å². The zero-order valence-corrected chi connectivity index (χ0v) is 18.5. The Bertz CT molecular complexity index is 621. The Morgan fingerprint density at radius 3 is 2.53 bits per heavy atom. The highest BCUT2D eigenvalue weighted by Gasteiger charge is 2.20. The number of esters is 2. The van der Waals surface area contributed by atoms with Crippen LogP contribution >= 0.6 is 0 Å². The van der Waals surface area contributed by atoms with E-state index in [1.165, 1.54) is 0 Å². The molecule has 0 aliphatic carbocycles. The molecule has 0 aliphatic rings. The summed E-state index contributed by atoms with van der Waals surface area (Å²) in [7, 11) is 0. The molecule has 7 nitrogen and oxygen atoms in total. The smallest absolute Gasteiger partial charge is 0.344 e. The Hall–Kier alpha value is -2.12. The summed E-state index contributed by atoms with van der Waals surface area (Å²) < 4.78 is 15.5. The molecule has 0 bridgehead atoms. The number of benzene rings is 1. The molecule has 30 heavy (non-hydrogen) atoms. The number of ether oxygens (including phenoxy) is 3. The summed E-state index contributed by atoms with van der Waals surface area (Å²) in [6.07, 6.45) is 4.66. The van der Waals surface area contributed by atoms with Crippen LogP contribution in [-0.4, -0.2) is 55.6 Å². The molecule has 0 saturated carbocycles. The molecule has 7 heteroatoms. The van der Waals surface area contributed by atoms with Gasteiger partial charge in [0.15, 0.2) is 6.61 Å². The maximum absolute atomic E-state index is 12.4. The van der Waals surface area contributed by atoms with Gasteiger partial charge in [-0.05, 0) is 57.4 Å². The van der Waals surface area contributed by atoms with E-state index in [4.69, 9.17) is 14.2 Å². The van der Waals surface area contributed by atoms with Crippen LogP contribution in [0.1, 0.15) is 58.4 Å². The van der Waals surface area contributed by atoms with E-state index in [2.05, 4.69) is 12.2 Å². The highest BCUT2D eigenvalue weighted by molar-refractivity contribution is 5.76. The Kier molecular flexibility index (Phi) is 13.5. The topological polar surface area (TPSA) is 94.1 Å². The van der Waals surface area contributed by atoms with Crippen molar-refractivity contribution < 1.29 is 28.9 Å². The van der Waals surface area contributed by atoms with Crippen molar-refractivity contribution in [3.05, 3.63) is 29.8 Å². The minimum Gasteiger partial charge on any atom is -0.482 e. The number of carbonyl (C=O) groups excluding carboxylic acids is 2. The lowest BCUT2D eigenvalue weighted by atomic mass is 10.0. The van der Waals surface area contributed by atoms with Gasteiger partial charge in [0, 0.05) is 0 Å². The molecule has 0 amide bonds. The SMILES string of the molecule is CCCCCC(O)CCNC(Cc1cccc(OCC(=O)OCC)c1)C(=O)OCC. The molecule has 0 fully saturated rings. The lowest BCUT2D eigenvalue weighted by Gasteiger charge is -2.19. The standard InChI is InChI=1S/C23H37NO6/c1-4-7-8-11-19(25)13-14-24-21(23(27)29-6-3)16-18-10-9-12-20(15-18)30-17-22(26)28-5-2/h9-10,12,15,19,21,24-25H,4-8,11,13-14,16-17H2,1-3H3. The van der Waals surface area contributed by atoms with Gasteiger partial charge in [0.05, 0.1) is 19.3 Å². The predicted molar refractivity (Wildman–Crippen MR) is 115 cm³/mol. The minimum atomic E-state index is -0.520. The Morgan fingerprint density at radius 2 is 1.83 bits per heavy atom. The first-order valence-corrected chi connectivity index (χ1v) is 11.0. The molecule has 1 rings (SSSR count). The minimum absolute atomic E-state index is 0.160. The van der Waals surface area contributed by atoms with Crippen molar-refractivity contribution >= 4 is 11.9 Å². The molecule has 0 radical (unpaired) electrons. The molecular formula is C23H37NO6. The summed E-state index contributed by atoms with van der Waals surface area (Å²) in [6.45, 7) is 6.63. The van der Waals surface area contributed by atoms with Gasteiger partial charge in [-0.2, -0.15) is 0 Å². The van der Waals surface area contributed by atoms with E-state index >= 15 is 0 Å². The first kappa shape index (κ1) is 25.9. The zero-order valence-electron chi connectivity index (χ0n) is 18.5. The van der Waals surface area contributed by atoms with E-state index in [1.54, 1.807) is 26.0 Å². The number of nitrogens with one attached hydrogen (secondary N) is 1. The van der Waals surface area contributed by atoms with Gasteiger partial charge in [-0.15, -0.1) is 0 Å². The normalized spacial score (nSPS) is 12.8. The third-order valence-electron chi connectivity index (χ3n) is 4.58. The van der Waals surface area contributed by atoms with Crippen LogP contribution < -0.4 is 10.1 Å². The molecule has 0 spiro atoms. The van der Waals surface area contributed by atoms with Crippen molar-refractivity contribution in [1.29, 1.82) is 0 Å². The highest BCUT2D eigenvalue weighted by atomic mass is 16.6. The van der Waals surface area contributed by atoms with Crippen molar-refractivity contribution in [2.75, 3.05) is 26.4 Å². The van der Waals surface area contributed by atoms with Crippen LogP contribution in [0.2, 0.25) is 0 Å². The highest BCUT2D eigenvalue weighted by Crippen LogP contribution is 2.15. The summed E-state index contributed by atoms with van der Waals surface area (Å²) in [6, 6.07) is 6.74. The van der Waals surface area contributed by atoms with Crippen molar-refractivity contribution in [3.63, 3.8) is 0 Å². The fourth-order valence-electron chi connectivity index (χ4n) is 3.02. The van der Waals surface area contributed by atoms with E-state index < -0.39 is 12.0 Å². The summed E-state index contributed by atoms with van der Waals surface area (Å²) in [5.74, 6) is -0.211. The Balaban J connectivity index is 2.61. The second-order valence-corrected chi connectivity index (χ2v) is 7.14. The van der Waals surface area contributed by atoms with E-state index in [9.17, 15) is 14.7 Å². The van der Waals surface area contributed by atoms with E-state index in [-0.39, 0.29) is 18.7 Å². The number of carbonyl (C=O) groups is 2. The molecule has 2 N–H and O–H groups in total. The van der Waals surface area contributed by atoms with Crippen LogP contribution in [0.3, 0.4) is 0 Å². The quantitative estimate of drug-likeness (QED) is 0.312. The second-order valence-electron chi connectivity index (χ2n) is 7.14. The second kappa shape index (κ2) is 15.7. The molecule has 1 aromatic rings. The van der Waals surface area contributed by atoms with Crippen molar-refractivity contribution in [3.8, 4) is 5.75 Å². The van der Waals surface area contributed by atoms with Crippen molar-refractivity contribution in [2.45, 2.75) is 71.4 Å². The zero-order chi connectivity index (χ0) is 22.2. The van der Waals surface area contributed by atoms with Gasteiger partial charge in [0.2, 0.25) is 0 Å². The average molecular weight is 424 g/mol. The van der Waals surface area contributed by atoms with Gasteiger partial charge in [-0.3, -0.25) is 4.79 Å². The Morgan fingerprint density at radius 1 is 1.07 bits per heavy atom. The van der Waals surface area contributed by atoms with E-state index in [0.717, 1.165) is 31.2 Å². The van der Waals surface area contributed by atoms with Crippen molar-refractivity contribution in [1.82, 2.24) is 5.32 Å². The lowest BCUT2D eigenvalue weighted by molar-refractivity contribution is -0.146.